The summed E-state index contributed by atoms with van der Waals surface area (Å²) in [6, 6.07) is 0. The molecular formula is C9H10O5. The Labute approximate surface area is 80.0 Å². The summed E-state index contributed by atoms with van der Waals surface area (Å²) in [6.07, 6.45) is 0.831. The molecule has 2 rings (SSSR count). The molecule has 5 nitrogen and oxygen atoms in total. The van der Waals surface area contributed by atoms with Gasteiger partial charge in [0.15, 0.2) is 17.8 Å². The van der Waals surface area contributed by atoms with Crippen LogP contribution < -0.4 is 0 Å². The maximum absolute atomic E-state index is 11.3. The Balaban J connectivity index is 2.26. The summed E-state index contributed by atoms with van der Waals surface area (Å²) >= 11 is 0. The summed E-state index contributed by atoms with van der Waals surface area (Å²) in [7, 11) is 0. The van der Waals surface area contributed by atoms with Crippen LogP contribution in [0.25, 0.3) is 0 Å². The lowest BCUT2D eigenvalue weighted by molar-refractivity contribution is -0.154. The fraction of sp³-hybridized carbons (Fsp3) is 0.667. The lowest BCUT2D eigenvalue weighted by Gasteiger charge is -2.22. The van der Waals surface area contributed by atoms with Crippen molar-refractivity contribution in [1.29, 1.82) is 0 Å². The van der Waals surface area contributed by atoms with E-state index in [1.807, 2.05) is 0 Å². The second-order valence-corrected chi connectivity index (χ2v) is 3.70. The molecular weight excluding hydrogens is 188 g/mol. The first-order valence-electron chi connectivity index (χ1n) is 4.57. The van der Waals surface area contributed by atoms with Gasteiger partial charge >= 0.3 is 11.9 Å². The molecule has 76 valence electrons. The third kappa shape index (κ3) is 1.20. The van der Waals surface area contributed by atoms with Crippen LogP contribution in [0.1, 0.15) is 19.3 Å². The van der Waals surface area contributed by atoms with Gasteiger partial charge in [-0.25, -0.2) is 0 Å². The average molecular weight is 198 g/mol. The van der Waals surface area contributed by atoms with E-state index in [0.29, 0.717) is 19.3 Å². The van der Waals surface area contributed by atoms with E-state index in [0.717, 1.165) is 0 Å². The van der Waals surface area contributed by atoms with Crippen molar-refractivity contribution in [3.05, 3.63) is 0 Å². The third-order valence-electron chi connectivity index (χ3n) is 2.86. The topological polar surface area (TPSA) is 80.7 Å². The minimum atomic E-state index is -1.18. The highest BCUT2D eigenvalue weighted by molar-refractivity contribution is 6.00. The van der Waals surface area contributed by atoms with Crippen molar-refractivity contribution in [1.82, 2.24) is 0 Å². The number of esters is 1. The second-order valence-electron chi connectivity index (χ2n) is 3.70. The van der Waals surface area contributed by atoms with Crippen molar-refractivity contribution >= 4 is 17.7 Å². The van der Waals surface area contributed by atoms with Crippen molar-refractivity contribution in [2.75, 3.05) is 0 Å². The highest BCUT2D eigenvalue weighted by Crippen LogP contribution is 2.37. The molecule has 1 saturated carbocycles. The number of ketones is 1. The number of carboxylic acids is 1. The molecule has 0 amide bonds. The normalized spacial score (nSPS) is 36.4. The average Bonchev–Trinajstić information content (AvgIpc) is 2.42. The predicted molar refractivity (Wildman–Crippen MR) is 43.4 cm³/mol. The molecule has 1 heterocycles. The van der Waals surface area contributed by atoms with E-state index in [4.69, 9.17) is 9.84 Å². The Morgan fingerprint density at radius 2 is 2.14 bits per heavy atom. The van der Waals surface area contributed by atoms with Crippen molar-refractivity contribution < 1.29 is 24.2 Å². The summed E-state index contributed by atoms with van der Waals surface area (Å²) < 4.78 is 4.78. The Morgan fingerprint density at radius 1 is 1.43 bits per heavy atom. The maximum Gasteiger partial charge on any atom is 0.321 e. The van der Waals surface area contributed by atoms with Crippen molar-refractivity contribution in [3.8, 4) is 0 Å². The SMILES string of the molecule is O=C(O)C1C(=O)O[C@@H]2C(=O)CCC[C@@H]12. The molecule has 0 aromatic heterocycles. The predicted octanol–water partition coefficient (Wildman–Crippen LogP) is -0.0182. The van der Waals surface area contributed by atoms with Crippen molar-refractivity contribution in [2.45, 2.75) is 25.4 Å². The van der Waals surface area contributed by atoms with Crippen LogP contribution in [0.3, 0.4) is 0 Å². The first kappa shape index (κ1) is 9.18. The number of Topliss-reactive ketones (excluding diaryl/α,β-unsaturated/α-hetero) is 1. The molecule has 1 aliphatic carbocycles. The minimum absolute atomic E-state index is 0.140. The smallest absolute Gasteiger partial charge is 0.321 e. The molecule has 3 atom stereocenters. The number of carbonyl (C=O) groups excluding carboxylic acids is 2. The van der Waals surface area contributed by atoms with E-state index in [2.05, 4.69) is 0 Å². The fourth-order valence-corrected chi connectivity index (χ4v) is 2.20. The van der Waals surface area contributed by atoms with E-state index in [-0.39, 0.29) is 5.78 Å². The van der Waals surface area contributed by atoms with Crippen LogP contribution in [0.4, 0.5) is 0 Å². The summed E-state index contributed by atoms with van der Waals surface area (Å²) in [5, 5.41) is 8.80. The number of fused-ring (bicyclic) bond motifs is 1. The molecule has 1 saturated heterocycles. The zero-order valence-corrected chi connectivity index (χ0v) is 7.43. The lowest BCUT2D eigenvalue weighted by atomic mass is 9.79. The van der Waals surface area contributed by atoms with Crippen LogP contribution in [0, 0.1) is 11.8 Å². The van der Waals surface area contributed by atoms with Gasteiger partial charge in [-0.2, -0.15) is 0 Å². The zero-order valence-electron chi connectivity index (χ0n) is 7.43. The van der Waals surface area contributed by atoms with Crippen LogP contribution in [0.15, 0.2) is 0 Å². The quantitative estimate of drug-likeness (QED) is 0.473. The van der Waals surface area contributed by atoms with E-state index < -0.39 is 29.9 Å². The van der Waals surface area contributed by atoms with Crippen LogP contribution in [-0.2, 0) is 19.1 Å². The zero-order chi connectivity index (χ0) is 10.3. The van der Waals surface area contributed by atoms with Gasteiger partial charge in [0.2, 0.25) is 0 Å². The summed E-state index contributed by atoms with van der Waals surface area (Å²) in [4.78, 5) is 33.3. The van der Waals surface area contributed by atoms with E-state index >= 15 is 0 Å². The van der Waals surface area contributed by atoms with Gasteiger partial charge in [0.05, 0.1) is 0 Å². The standard InChI is InChI=1S/C9H10O5/c10-5-3-1-2-4-6(8(11)12)9(13)14-7(4)5/h4,6-7H,1-3H2,(H,11,12)/t4-,6?,7-/m0/s1. The van der Waals surface area contributed by atoms with Crippen LogP contribution in [0.5, 0.6) is 0 Å². The highest BCUT2D eigenvalue weighted by atomic mass is 16.6. The van der Waals surface area contributed by atoms with Crippen molar-refractivity contribution in [3.63, 3.8) is 0 Å². The number of carbonyl (C=O) groups is 3. The van der Waals surface area contributed by atoms with Gasteiger partial charge in [-0.05, 0) is 12.8 Å². The van der Waals surface area contributed by atoms with E-state index in [9.17, 15) is 14.4 Å². The van der Waals surface area contributed by atoms with Crippen molar-refractivity contribution in [2.24, 2.45) is 11.8 Å². The van der Waals surface area contributed by atoms with Gasteiger partial charge in [0.1, 0.15) is 0 Å². The number of carboxylic acid groups (broad SMARTS) is 1. The Bertz CT molecular complexity index is 308. The molecule has 0 radical (unpaired) electrons. The second kappa shape index (κ2) is 3.08. The molecule has 1 unspecified atom stereocenters. The van der Waals surface area contributed by atoms with Crippen LogP contribution >= 0.6 is 0 Å². The maximum atomic E-state index is 11.3. The minimum Gasteiger partial charge on any atom is -0.481 e. The van der Waals surface area contributed by atoms with Crippen LogP contribution in [-0.4, -0.2) is 28.9 Å². The molecule has 5 heteroatoms. The first-order valence-corrected chi connectivity index (χ1v) is 4.57. The number of hydrogen-bond donors (Lipinski definition) is 1. The number of ether oxygens (including phenoxy) is 1. The van der Waals surface area contributed by atoms with Gasteiger partial charge in [0.25, 0.3) is 0 Å². The Hall–Kier alpha value is -1.39. The summed E-state index contributed by atoms with van der Waals surface area (Å²) in [5.74, 6) is -3.66. The third-order valence-corrected chi connectivity index (χ3v) is 2.86. The highest BCUT2D eigenvalue weighted by Gasteiger charge is 2.52. The van der Waals surface area contributed by atoms with Crippen LogP contribution in [0.2, 0.25) is 0 Å². The summed E-state index contributed by atoms with van der Waals surface area (Å²) in [6.45, 7) is 0. The largest absolute Gasteiger partial charge is 0.481 e. The molecule has 0 aromatic rings. The van der Waals surface area contributed by atoms with Gasteiger partial charge in [-0.3, -0.25) is 14.4 Å². The summed E-state index contributed by atoms with van der Waals surface area (Å²) in [5.41, 5.74) is 0. The van der Waals surface area contributed by atoms with Gasteiger partial charge in [0, 0.05) is 12.3 Å². The Kier molecular flexibility index (Phi) is 2.02. The molecule has 0 spiro atoms. The fourth-order valence-electron chi connectivity index (χ4n) is 2.20. The molecule has 2 fully saturated rings. The first-order chi connectivity index (χ1) is 6.61. The van der Waals surface area contributed by atoms with E-state index in [1.165, 1.54) is 0 Å². The Morgan fingerprint density at radius 3 is 2.79 bits per heavy atom. The molecule has 1 N–H and O–H groups in total. The van der Waals surface area contributed by atoms with Gasteiger partial charge < -0.3 is 9.84 Å². The number of hydrogen-bond acceptors (Lipinski definition) is 4. The lowest BCUT2D eigenvalue weighted by Crippen LogP contribution is -2.35. The number of aliphatic carboxylic acids is 1. The molecule has 0 aromatic carbocycles. The number of rotatable bonds is 1. The monoisotopic (exact) mass is 198 g/mol. The molecule has 14 heavy (non-hydrogen) atoms. The molecule has 0 bridgehead atoms. The molecule has 2 aliphatic rings. The molecule has 1 aliphatic heterocycles. The van der Waals surface area contributed by atoms with Gasteiger partial charge in [-0.1, -0.05) is 0 Å². The van der Waals surface area contributed by atoms with E-state index in [1.54, 1.807) is 0 Å². The van der Waals surface area contributed by atoms with Gasteiger partial charge in [-0.15, -0.1) is 0 Å².